The lowest BCUT2D eigenvalue weighted by molar-refractivity contribution is 0.0896. The van der Waals surface area contributed by atoms with Gasteiger partial charge in [-0.15, -0.1) is 0 Å². The van der Waals surface area contributed by atoms with Gasteiger partial charge in [-0.1, -0.05) is 13.8 Å². The molecule has 1 unspecified atom stereocenters. The Balaban J connectivity index is 4.12. The van der Waals surface area contributed by atoms with Gasteiger partial charge < -0.3 is 0 Å². The molecule has 5 heteroatoms. The molecule has 0 aromatic heterocycles. The molecule has 1 atom stereocenters. The number of hydrogen-bond acceptors (Lipinski definition) is 4. The van der Waals surface area contributed by atoms with Crippen LogP contribution in [0.25, 0.3) is 0 Å². The highest BCUT2D eigenvalue weighted by Crippen LogP contribution is 2.49. The molecule has 0 N–H and O–H groups in total. The molecular weight excluding hydrogens is 179 g/mol. The second-order valence-electron chi connectivity index (χ2n) is 2.87. The van der Waals surface area contributed by atoms with Crippen molar-refractivity contribution >= 4 is 7.82 Å². The van der Waals surface area contributed by atoms with E-state index in [2.05, 4.69) is 9.05 Å². The minimum Gasteiger partial charge on any atom is -0.290 e. The summed E-state index contributed by atoms with van der Waals surface area (Å²) in [6.45, 7) is 5.77. The second kappa shape index (κ2) is 4.97. The van der Waals surface area contributed by atoms with Crippen molar-refractivity contribution in [1.82, 2.24) is 0 Å². The van der Waals surface area contributed by atoms with Crippen LogP contribution in [-0.4, -0.2) is 20.3 Å². The molecule has 12 heavy (non-hydrogen) atoms. The summed E-state index contributed by atoms with van der Waals surface area (Å²) in [6.07, 6.45) is -0.143. The van der Waals surface area contributed by atoms with Gasteiger partial charge in [0, 0.05) is 14.2 Å². The minimum absolute atomic E-state index is 0.143. The van der Waals surface area contributed by atoms with E-state index < -0.39 is 7.82 Å². The van der Waals surface area contributed by atoms with Gasteiger partial charge in [-0.2, -0.15) is 0 Å². The normalized spacial score (nSPS) is 15.2. The van der Waals surface area contributed by atoms with E-state index in [1.54, 1.807) is 0 Å². The molecule has 0 aliphatic carbocycles. The lowest BCUT2D eigenvalue weighted by atomic mass is 10.1. The fourth-order valence-corrected chi connectivity index (χ4v) is 1.46. The first kappa shape index (κ1) is 12.1. The second-order valence-corrected chi connectivity index (χ2v) is 4.70. The summed E-state index contributed by atoms with van der Waals surface area (Å²) in [5, 5.41) is 0. The standard InChI is InChI=1S/C7H17O4P/c1-6(2)7(3)11-12(8,9-4)10-5/h6-7H,1-5H3. The third-order valence-electron chi connectivity index (χ3n) is 1.68. The molecular formula is C7H17O4P. The Labute approximate surface area is 73.8 Å². The van der Waals surface area contributed by atoms with Gasteiger partial charge in [-0.05, 0) is 12.8 Å². The first-order valence-electron chi connectivity index (χ1n) is 3.85. The van der Waals surface area contributed by atoms with Crippen LogP contribution in [0.2, 0.25) is 0 Å². The molecule has 4 nitrogen and oxygen atoms in total. The SMILES string of the molecule is COP(=O)(OC)OC(C)C(C)C. The zero-order valence-corrected chi connectivity index (χ0v) is 9.13. The first-order valence-corrected chi connectivity index (χ1v) is 5.31. The highest BCUT2D eigenvalue weighted by molar-refractivity contribution is 7.48. The van der Waals surface area contributed by atoms with E-state index in [9.17, 15) is 4.57 Å². The number of hydrogen-bond donors (Lipinski definition) is 0. The molecule has 74 valence electrons. The zero-order valence-electron chi connectivity index (χ0n) is 8.23. The third-order valence-corrected chi connectivity index (χ3v) is 3.17. The maximum absolute atomic E-state index is 11.4. The Kier molecular flexibility index (Phi) is 5.02. The summed E-state index contributed by atoms with van der Waals surface area (Å²) in [4.78, 5) is 0. The van der Waals surface area contributed by atoms with Gasteiger partial charge in [-0.25, -0.2) is 4.57 Å². The van der Waals surface area contributed by atoms with E-state index in [0.29, 0.717) is 0 Å². The minimum atomic E-state index is -3.29. The zero-order chi connectivity index (χ0) is 9.78. The first-order chi connectivity index (χ1) is 5.45. The average Bonchev–Trinajstić information content (AvgIpc) is 2.04. The van der Waals surface area contributed by atoms with Crippen LogP contribution in [0.1, 0.15) is 20.8 Å². The van der Waals surface area contributed by atoms with Gasteiger partial charge in [0.05, 0.1) is 6.10 Å². The highest BCUT2D eigenvalue weighted by atomic mass is 31.2. The van der Waals surface area contributed by atoms with E-state index in [-0.39, 0.29) is 12.0 Å². The Morgan fingerprint density at radius 2 is 1.50 bits per heavy atom. The number of rotatable bonds is 5. The summed E-state index contributed by atoms with van der Waals surface area (Å²) in [5.41, 5.74) is 0. The molecule has 0 rings (SSSR count). The number of phosphoric ester groups is 1. The Morgan fingerprint density at radius 1 is 1.08 bits per heavy atom. The average molecular weight is 196 g/mol. The molecule has 0 spiro atoms. The molecule has 0 amide bonds. The molecule has 0 saturated carbocycles. The maximum Gasteiger partial charge on any atom is 0.474 e. The predicted molar refractivity (Wildman–Crippen MR) is 47.0 cm³/mol. The monoisotopic (exact) mass is 196 g/mol. The molecule has 0 bridgehead atoms. The van der Waals surface area contributed by atoms with E-state index in [1.807, 2.05) is 20.8 Å². The molecule has 0 heterocycles. The molecule has 0 aromatic rings. The van der Waals surface area contributed by atoms with Crippen LogP contribution >= 0.6 is 7.82 Å². The van der Waals surface area contributed by atoms with Crippen molar-refractivity contribution in [2.45, 2.75) is 26.9 Å². The molecule has 0 aliphatic heterocycles. The quantitative estimate of drug-likeness (QED) is 0.633. The van der Waals surface area contributed by atoms with Gasteiger partial charge >= 0.3 is 7.82 Å². The van der Waals surface area contributed by atoms with Gasteiger partial charge in [0.2, 0.25) is 0 Å². The van der Waals surface area contributed by atoms with Gasteiger partial charge in [0.1, 0.15) is 0 Å². The molecule has 0 fully saturated rings. The van der Waals surface area contributed by atoms with Crippen LogP contribution < -0.4 is 0 Å². The summed E-state index contributed by atoms with van der Waals surface area (Å²) in [7, 11) is -0.685. The Morgan fingerprint density at radius 3 is 1.75 bits per heavy atom. The van der Waals surface area contributed by atoms with Gasteiger partial charge in [0.25, 0.3) is 0 Å². The van der Waals surface area contributed by atoms with Crippen molar-refractivity contribution in [1.29, 1.82) is 0 Å². The van der Waals surface area contributed by atoms with Crippen molar-refractivity contribution in [2.75, 3.05) is 14.2 Å². The van der Waals surface area contributed by atoms with Crippen LogP contribution in [0.15, 0.2) is 0 Å². The van der Waals surface area contributed by atoms with Crippen molar-refractivity contribution in [3.8, 4) is 0 Å². The lowest BCUT2D eigenvalue weighted by Gasteiger charge is -2.20. The number of phosphoric acid groups is 1. The van der Waals surface area contributed by atoms with E-state index >= 15 is 0 Å². The Hall–Kier alpha value is 0.110. The maximum atomic E-state index is 11.4. The molecule has 0 saturated heterocycles. The Bertz CT molecular complexity index is 161. The summed E-state index contributed by atoms with van der Waals surface area (Å²) < 4.78 is 25.7. The topological polar surface area (TPSA) is 44.8 Å². The van der Waals surface area contributed by atoms with Gasteiger partial charge in [0.15, 0.2) is 0 Å². The van der Waals surface area contributed by atoms with E-state index in [4.69, 9.17) is 4.52 Å². The summed E-state index contributed by atoms with van der Waals surface area (Å²) in [5.74, 6) is 0.281. The van der Waals surface area contributed by atoms with Crippen molar-refractivity contribution in [3.63, 3.8) is 0 Å². The van der Waals surface area contributed by atoms with E-state index in [0.717, 1.165) is 0 Å². The fraction of sp³-hybridized carbons (Fsp3) is 1.00. The van der Waals surface area contributed by atoms with Crippen molar-refractivity contribution < 1.29 is 18.1 Å². The van der Waals surface area contributed by atoms with Crippen molar-refractivity contribution in [3.05, 3.63) is 0 Å². The molecule has 0 radical (unpaired) electrons. The molecule has 0 aliphatic rings. The lowest BCUT2D eigenvalue weighted by Crippen LogP contribution is -2.14. The third kappa shape index (κ3) is 3.68. The summed E-state index contributed by atoms with van der Waals surface area (Å²) in [6, 6.07) is 0. The van der Waals surface area contributed by atoms with Crippen LogP contribution in [0.4, 0.5) is 0 Å². The van der Waals surface area contributed by atoms with Crippen LogP contribution in [0.3, 0.4) is 0 Å². The smallest absolute Gasteiger partial charge is 0.290 e. The predicted octanol–water partition coefficient (Wildman–Crippen LogP) is 2.45. The fourth-order valence-electron chi connectivity index (χ4n) is 0.486. The largest absolute Gasteiger partial charge is 0.474 e. The highest BCUT2D eigenvalue weighted by Gasteiger charge is 2.26. The van der Waals surface area contributed by atoms with Gasteiger partial charge in [-0.3, -0.25) is 13.6 Å². The molecule has 0 aromatic carbocycles. The summed E-state index contributed by atoms with van der Waals surface area (Å²) >= 11 is 0. The van der Waals surface area contributed by atoms with Crippen molar-refractivity contribution in [2.24, 2.45) is 5.92 Å². The van der Waals surface area contributed by atoms with Crippen LogP contribution in [0.5, 0.6) is 0 Å². The van der Waals surface area contributed by atoms with Crippen LogP contribution in [-0.2, 0) is 18.1 Å². The van der Waals surface area contributed by atoms with E-state index in [1.165, 1.54) is 14.2 Å². The van der Waals surface area contributed by atoms with Crippen LogP contribution in [0, 0.1) is 5.92 Å².